The van der Waals surface area contributed by atoms with Crippen molar-refractivity contribution in [3.63, 3.8) is 0 Å². The Morgan fingerprint density at radius 3 is 2.15 bits per heavy atom. The summed E-state index contributed by atoms with van der Waals surface area (Å²) in [6.45, 7) is 2.90. The van der Waals surface area contributed by atoms with Crippen molar-refractivity contribution in [1.82, 2.24) is 15.1 Å². The highest BCUT2D eigenvalue weighted by Gasteiger charge is 2.30. The molecule has 2 aromatic carbocycles. The Hall–Kier alpha value is -3.26. The van der Waals surface area contributed by atoms with Crippen LogP contribution in [0.5, 0.6) is 0 Å². The van der Waals surface area contributed by atoms with E-state index in [0.717, 1.165) is 31.6 Å². The first-order valence-electron chi connectivity index (χ1n) is 11.9. The lowest BCUT2D eigenvalue weighted by Crippen LogP contribution is -2.49. The van der Waals surface area contributed by atoms with E-state index >= 15 is 0 Å². The molecule has 0 unspecified atom stereocenters. The number of nitrogens with one attached hydrogen (secondary N) is 2. The van der Waals surface area contributed by atoms with Gasteiger partial charge in [0.2, 0.25) is 11.8 Å². The van der Waals surface area contributed by atoms with E-state index in [2.05, 4.69) is 15.5 Å². The first kappa shape index (κ1) is 23.9. The molecule has 0 aromatic heterocycles. The van der Waals surface area contributed by atoms with Crippen LogP contribution in [0.15, 0.2) is 54.6 Å². The molecule has 0 bridgehead atoms. The van der Waals surface area contributed by atoms with Crippen LogP contribution in [0.25, 0.3) is 0 Å². The van der Waals surface area contributed by atoms with E-state index < -0.39 is 0 Å². The van der Waals surface area contributed by atoms with Gasteiger partial charge in [-0.2, -0.15) is 0 Å². The summed E-state index contributed by atoms with van der Waals surface area (Å²) in [7, 11) is 0. The van der Waals surface area contributed by atoms with Crippen LogP contribution in [0.3, 0.4) is 0 Å². The van der Waals surface area contributed by atoms with Crippen LogP contribution in [0.2, 0.25) is 0 Å². The highest BCUT2D eigenvalue weighted by atomic mass is 19.1. The van der Waals surface area contributed by atoms with Crippen LogP contribution in [0.1, 0.15) is 36.0 Å². The van der Waals surface area contributed by atoms with Gasteiger partial charge in [-0.15, -0.1) is 0 Å². The number of nitrogens with zero attached hydrogens (tertiary/aromatic N) is 2. The van der Waals surface area contributed by atoms with Crippen molar-refractivity contribution >= 4 is 23.4 Å². The minimum absolute atomic E-state index is 0.0318. The molecule has 2 saturated heterocycles. The van der Waals surface area contributed by atoms with Crippen LogP contribution in [-0.2, 0) is 9.59 Å². The van der Waals surface area contributed by atoms with Gasteiger partial charge in [0.25, 0.3) is 5.91 Å². The van der Waals surface area contributed by atoms with Crippen molar-refractivity contribution in [2.45, 2.75) is 31.7 Å². The van der Waals surface area contributed by atoms with Gasteiger partial charge in [-0.3, -0.25) is 19.3 Å². The number of carbonyl (C=O) groups is 3. The summed E-state index contributed by atoms with van der Waals surface area (Å²) >= 11 is 0. The van der Waals surface area contributed by atoms with Gasteiger partial charge in [0.15, 0.2) is 0 Å². The maximum Gasteiger partial charge on any atom is 0.253 e. The van der Waals surface area contributed by atoms with Crippen molar-refractivity contribution in [2.75, 3.05) is 38.0 Å². The fourth-order valence-corrected chi connectivity index (χ4v) is 4.60. The van der Waals surface area contributed by atoms with E-state index in [0.29, 0.717) is 38.0 Å². The van der Waals surface area contributed by atoms with E-state index in [-0.39, 0.29) is 35.5 Å². The zero-order valence-corrected chi connectivity index (χ0v) is 19.2. The SMILES string of the molecule is O=C(CN1CCC(NC(=O)C2CCN(C(=O)c3ccc(F)cc3)CC2)CC1)Nc1ccccc1. The van der Waals surface area contributed by atoms with Crippen molar-refractivity contribution in [3.8, 4) is 0 Å². The number of hydrogen-bond acceptors (Lipinski definition) is 4. The van der Waals surface area contributed by atoms with E-state index in [1.807, 2.05) is 30.3 Å². The van der Waals surface area contributed by atoms with Gasteiger partial charge < -0.3 is 15.5 Å². The van der Waals surface area contributed by atoms with Gasteiger partial charge in [-0.1, -0.05) is 18.2 Å². The summed E-state index contributed by atoms with van der Waals surface area (Å²) in [5, 5.41) is 6.08. The molecule has 3 amide bonds. The first-order chi connectivity index (χ1) is 16.5. The summed E-state index contributed by atoms with van der Waals surface area (Å²) in [5.41, 5.74) is 1.26. The summed E-state index contributed by atoms with van der Waals surface area (Å²) in [6, 6.07) is 15.1. The summed E-state index contributed by atoms with van der Waals surface area (Å²) in [4.78, 5) is 41.5. The van der Waals surface area contributed by atoms with Gasteiger partial charge >= 0.3 is 0 Å². The Morgan fingerprint density at radius 1 is 0.853 bits per heavy atom. The molecular weight excluding hydrogens is 435 g/mol. The molecule has 8 heteroatoms. The molecule has 0 aliphatic carbocycles. The number of likely N-dealkylation sites (tertiary alicyclic amines) is 2. The first-order valence-corrected chi connectivity index (χ1v) is 11.9. The van der Waals surface area contributed by atoms with Crippen LogP contribution in [0.4, 0.5) is 10.1 Å². The average molecular weight is 467 g/mol. The van der Waals surface area contributed by atoms with Crippen LogP contribution in [0, 0.1) is 11.7 Å². The van der Waals surface area contributed by atoms with Crippen molar-refractivity contribution < 1.29 is 18.8 Å². The molecule has 7 nitrogen and oxygen atoms in total. The molecule has 2 heterocycles. The molecule has 0 atom stereocenters. The molecule has 0 saturated carbocycles. The molecule has 2 fully saturated rings. The second-order valence-electron chi connectivity index (χ2n) is 9.05. The number of anilines is 1. The Labute approximate surface area is 199 Å². The van der Waals surface area contributed by atoms with Crippen molar-refractivity contribution in [1.29, 1.82) is 0 Å². The standard InChI is InChI=1S/C26H31FN4O3/c27-21-8-6-20(7-9-21)26(34)31-16-10-19(11-17-31)25(33)29-23-12-14-30(15-13-23)18-24(32)28-22-4-2-1-3-5-22/h1-9,19,23H,10-18H2,(H,28,32)(H,29,33). The largest absolute Gasteiger partial charge is 0.353 e. The van der Waals surface area contributed by atoms with Gasteiger partial charge in [-0.05, 0) is 62.1 Å². The quantitative estimate of drug-likeness (QED) is 0.686. The number of para-hydroxylation sites is 1. The highest BCUT2D eigenvalue weighted by molar-refractivity contribution is 5.94. The van der Waals surface area contributed by atoms with Gasteiger partial charge in [0.05, 0.1) is 6.54 Å². The molecule has 2 aliphatic rings. The number of amides is 3. The molecule has 2 aromatic rings. The summed E-state index contributed by atoms with van der Waals surface area (Å²) < 4.78 is 13.1. The van der Waals surface area contributed by atoms with Gasteiger partial charge in [-0.25, -0.2) is 4.39 Å². The summed E-state index contributed by atoms with van der Waals surface area (Å²) in [5.74, 6) is -0.576. The predicted octanol–water partition coefficient (Wildman–Crippen LogP) is 2.90. The zero-order chi connectivity index (χ0) is 23.9. The second kappa shape index (κ2) is 11.2. The number of piperidine rings is 2. The van der Waals surface area contributed by atoms with Crippen molar-refractivity contribution in [3.05, 3.63) is 66.0 Å². The third kappa shape index (κ3) is 6.41. The molecular formula is C26H31FN4O3. The van der Waals surface area contributed by atoms with Crippen molar-refractivity contribution in [2.24, 2.45) is 5.92 Å². The fourth-order valence-electron chi connectivity index (χ4n) is 4.60. The molecule has 0 spiro atoms. The molecule has 2 aliphatic heterocycles. The molecule has 0 radical (unpaired) electrons. The van der Waals surface area contributed by atoms with Crippen LogP contribution in [-0.4, -0.2) is 66.3 Å². The number of rotatable bonds is 6. The Morgan fingerprint density at radius 2 is 1.50 bits per heavy atom. The third-order valence-electron chi connectivity index (χ3n) is 6.60. The Kier molecular flexibility index (Phi) is 7.90. The van der Waals surface area contributed by atoms with Gasteiger partial charge in [0.1, 0.15) is 5.82 Å². The number of hydrogen-bond donors (Lipinski definition) is 2. The lowest BCUT2D eigenvalue weighted by molar-refractivity contribution is -0.127. The smallest absolute Gasteiger partial charge is 0.253 e. The Balaban J connectivity index is 1.16. The average Bonchev–Trinajstić information content (AvgIpc) is 2.86. The normalized spacial score (nSPS) is 17.9. The number of halogens is 1. The molecule has 34 heavy (non-hydrogen) atoms. The van der Waals surface area contributed by atoms with Crippen LogP contribution >= 0.6 is 0 Å². The predicted molar refractivity (Wildman–Crippen MR) is 128 cm³/mol. The second-order valence-corrected chi connectivity index (χ2v) is 9.05. The van der Waals surface area contributed by atoms with E-state index in [1.54, 1.807) is 4.90 Å². The highest BCUT2D eigenvalue weighted by Crippen LogP contribution is 2.21. The topological polar surface area (TPSA) is 81.8 Å². The minimum atomic E-state index is -0.367. The number of carbonyl (C=O) groups excluding carboxylic acids is 3. The Bertz CT molecular complexity index is 983. The molecule has 180 valence electrons. The lowest BCUT2D eigenvalue weighted by atomic mass is 9.94. The number of benzene rings is 2. The van der Waals surface area contributed by atoms with Crippen LogP contribution < -0.4 is 10.6 Å². The lowest BCUT2D eigenvalue weighted by Gasteiger charge is -2.35. The monoisotopic (exact) mass is 466 g/mol. The third-order valence-corrected chi connectivity index (χ3v) is 6.60. The van der Waals surface area contributed by atoms with E-state index in [9.17, 15) is 18.8 Å². The van der Waals surface area contributed by atoms with E-state index in [1.165, 1.54) is 24.3 Å². The molecule has 2 N–H and O–H groups in total. The molecule has 4 rings (SSSR count). The maximum absolute atomic E-state index is 13.1. The van der Waals surface area contributed by atoms with E-state index in [4.69, 9.17) is 0 Å². The summed E-state index contributed by atoms with van der Waals surface area (Å²) in [6.07, 6.45) is 2.87. The minimum Gasteiger partial charge on any atom is -0.353 e. The van der Waals surface area contributed by atoms with Gasteiger partial charge in [0, 0.05) is 49.4 Å². The fraction of sp³-hybridized carbons (Fsp3) is 0.423. The zero-order valence-electron chi connectivity index (χ0n) is 19.2. The maximum atomic E-state index is 13.1.